The van der Waals surface area contributed by atoms with Crippen molar-refractivity contribution in [1.82, 2.24) is 15.3 Å². The smallest absolute Gasteiger partial charge is 0.256 e. The Morgan fingerprint density at radius 2 is 2.40 bits per heavy atom. The van der Waals surface area contributed by atoms with Gasteiger partial charge in [-0.15, -0.1) is 0 Å². The molecule has 15 heavy (non-hydrogen) atoms. The van der Waals surface area contributed by atoms with Crippen LogP contribution in [-0.4, -0.2) is 42.3 Å². The zero-order valence-corrected chi connectivity index (χ0v) is 9.47. The number of likely N-dealkylation sites (N-methyl/N-ethyl adjacent to an activating group) is 1. The molecule has 1 aromatic rings. The summed E-state index contributed by atoms with van der Waals surface area (Å²) in [5.74, 6) is 0.617. The van der Waals surface area contributed by atoms with Crippen LogP contribution in [0.15, 0.2) is 11.4 Å². The lowest BCUT2D eigenvalue weighted by Gasteiger charge is -2.16. The highest BCUT2D eigenvalue weighted by Crippen LogP contribution is 2.20. The second-order valence-corrected chi connectivity index (χ2v) is 4.04. The topological polar surface area (TPSA) is 58.1 Å². The minimum absolute atomic E-state index is 0.0954. The number of anilines is 1. The maximum Gasteiger partial charge on any atom is 0.256 e. The highest BCUT2D eigenvalue weighted by Gasteiger charge is 2.20. The fraction of sp³-hybridized carbons (Fsp3) is 0.444. The second kappa shape index (κ2) is 4.06. The van der Waals surface area contributed by atoms with Crippen LogP contribution in [0.4, 0.5) is 5.82 Å². The monoisotopic (exact) mass is 224 g/mol. The molecular formula is C9H12N4OS. The Bertz CT molecular complexity index is 396. The zero-order valence-electron chi connectivity index (χ0n) is 8.65. The van der Waals surface area contributed by atoms with Crippen molar-refractivity contribution in [2.24, 2.45) is 0 Å². The number of rotatable bonds is 1. The van der Waals surface area contributed by atoms with E-state index in [-0.39, 0.29) is 5.91 Å². The first-order chi connectivity index (χ1) is 7.22. The van der Waals surface area contributed by atoms with Gasteiger partial charge in [0.2, 0.25) is 0 Å². The summed E-state index contributed by atoms with van der Waals surface area (Å²) in [5.41, 5.74) is 0.549. The molecule has 2 heterocycles. The number of nitrogens with zero attached hydrogens (tertiary/aromatic N) is 3. The summed E-state index contributed by atoms with van der Waals surface area (Å²) in [4.78, 5) is 22.0. The molecule has 0 atom stereocenters. The highest BCUT2D eigenvalue weighted by molar-refractivity contribution is 7.98. The van der Waals surface area contributed by atoms with E-state index >= 15 is 0 Å². The van der Waals surface area contributed by atoms with Crippen molar-refractivity contribution in [2.75, 3.05) is 31.3 Å². The zero-order chi connectivity index (χ0) is 10.8. The Hall–Kier alpha value is -1.30. The molecule has 1 N–H and O–H groups in total. The van der Waals surface area contributed by atoms with E-state index in [1.807, 2.05) is 18.2 Å². The first kappa shape index (κ1) is 10.2. The molecule has 0 aliphatic carbocycles. The third kappa shape index (κ3) is 1.90. The van der Waals surface area contributed by atoms with Gasteiger partial charge >= 0.3 is 0 Å². The van der Waals surface area contributed by atoms with Crippen LogP contribution in [0.2, 0.25) is 0 Å². The molecule has 0 bridgehead atoms. The van der Waals surface area contributed by atoms with Crippen molar-refractivity contribution < 1.29 is 4.79 Å². The summed E-state index contributed by atoms with van der Waals surface area (Å²) in [6.07, 6.45) is 3.50. The van der Waals surface area contributed by atoms with Gasteiger partial charge in [0.05, 0.1) is 0 Å². The minimum Gasteiger partial charge on any atom is -0.357 e. The molecule has 6 heteroatoms. The molecule has 1 aliphatic rings. The van der Waals surface area contributed by atoms with Gasteiger partial charge in [-0.05, 0) is 6.26 Å². The van der Waals surface area contributed by atoms with Crippen LogP contribution in [0.1, 0.15) is 10.4 Å². The van der Waals surface area contributed by atoms with Crippen LogP contribution >= 0.6 is 11.8 Å². The van der Waals surface area contributed by atoms with Crippen LogP contribution in [0.3, 0.4) is 0 Å². The van der Waals surface area contributed by atoms with Crippen LogP contribution in [0, 0.1) is 0 Å². The van der Waals surface area contributed by atoms with E-state index in [0.717, 1.165) is 6.54 Å². The lowest BCUT2D eigenvalue weighted by Crippen LogP contribution is -2.27. The molecule has 0 aromatic carbocycles. The van der Waals surface area contributed by atoms with Gasteiger partial charge in [-0.2, -0.15) is 0 Å². The predicted octanol–water partition coefficient (Wildman–Crippen LogP) is 0.378. The van der Waals surface area contributed by atoms with Gasteiger partial charge < -0.3 is 10.2 Å². The van der Waals surface area contributed by atoms with Gasteiger partial charge in [-0.25, -0.2) is 9.97 Å². The molecule has 1 aromatic heterocycles. The van der Waals surface area contributed by atoms with Crippen LogP contribution in [-0.2, 0) is 0 Å². The second-order valence-electron chi connectivity index (χ2n) is 3.27. The molecule has 0 saturated carbocycles. The summed E-state index contributed by atoms with van der Waals surface area (Å²) in [7, 11) is 1.93. The number of amides is 1. The van der Waals surface area contributed by atoms with E-state index in [1.54, 1.807) is 6.20 Å². The first-order valence-electron chi connectivity index (χ1n) is 4.62. The number of carbonyl (C=O) groups excluding carboxylic acids is 1. The van der Waals surface area contributed by atoms with Gasteiger partial charge in [0.1, 0.15) is 11.4 Å². The molecule has 5 nitrogen and oxygen atoms in total. The van der Waals surface area contributed by atoms with Crippen molar-refractivity contribution in [2.45, 2.75) is 5.16 Å². The molecule has 0 radical (unpaired) electrons. The summed E-state index contributed by atoms with van der Waals surface area (Å²) >= 11 is 1.47. The van der Waals surface area contributed by atoms with Gasteiger partial charge in [0, 0.05) is 26.3 Å². The Morgan fingerprint density at radius 3 is 3.13 bits per heavy atom. The number of fused-ring (bicyclic) bond motifs is 1. The summed E-state index contributed by atoms with van der Waals surface area (Å²) in [5, 5.41) is 3.49. The van der Waals surface area contributed by atoms with Crippen LogP contribution in [0.5, 0.6) is 0 Å². The molecule has 2 rings (SSSR count). The van der Waals surface area contributed by atoms with E-state index in [9.17, 15) is 4.79 Å². The van der Waals surface area contributed by atoms with E-state index < -0.39 is 0 Å². The minimum atomic E-state index is -0.0954. The fourth-order valence-corrected chi connectivity index (χ4v) is 1.78. The summed E-state index contributed by atoms with van der Waals surface area (Å²) in [6, 6.07) is 0. The highest BCUT2D eigenvalue weighted by atomic mass is 32.2. The quantitative estimate of drug-likeness (QED) is 0.552. The Kier molecular flexibility index (Phi) is 2.77. The lowest BCUT2D eigenvalue weighted by atomic mass is 10.3. The number of aromatic nitrogens is 2. The molecule has 0 saturated heterocycles. The standard InChI is InChI=1S/C9H12N4OS/c1-13-4-3-10-8(14)6-5-11-9(15-2)12-7(6)13/h5H,3-4H2,1-2H3,(H,10,14). The molecular weight excluding hydrogens is 212 g/mol. The average Bonchev–Trinajstić information content (AvgIpc) is 2.40. The molecule has 0 spiro atoms. The molecule has 1 amide bonds. The lowest BCUT2D eigenvalue weighted by molar-refractivity contribution is 0.0957. The van der Waals surface area contributed by atoms with Crippen molar-refractivity contribution in [3.63, 3.8) is 0 Å². The Morgan fingerprint density at radius 1 is 1.60 bits per heavy atom. The number of hydrogen-bond donors (Lipinski definition) is 1. The van der Waals surface area contributed by atoms with Crippen LogP contribution in [0.25, 0.3) is 0 Å². The third-order valence-corrected chi connectivity index (χ3v) is 2.83. The van der Waals surface area contributed by atoms with E-state index in [1.165, 1.54) is 11.8 Å². The van der Waals surface area contributed by atoms with E-state index in [4.69, 9.17) is 0 Å². The normalized spacial score (nSPS) is 15.6. The fourth-order valence-electron chi connectivity index (χ4n) is 1.44. The van der Waals surface area contributed by atoms with Gasteiger partial charge in [-0.3, -0.25) is 4.79 Å². The largest absolute Gasteiger partial charge is 0.357 e. The molecule has 80 valence electrons. The Labute approximate surface area is 92.3 Å². The number of hydrogen-bond acceptors (Lipinski definition) is 5. The molecule has 0 fully saturated rings. The van der Waals surface area contributed by atoms with Crippen molar-refractivity contribution in [3.05, 3.63) is 11.8 Å². The SMILES string of the molecule is CSc1ncc2c(n1)N(C)CCNC2=O. The Balaban J connectivity index is 2.50. The third-order valence-electron chi connectivity index (χ3n) is 2.27. The maximum absolute atomic E-state index is 11.6. The first-order valence-corrected chi connectivity index (χ1v) is 5.85. The van der Waals surface area contributed by atoms with Crippen molar-refractivity contribution >= 4 is 23.5 Å². The molecule has 0 unspecified atom stereocenters. The van der Waals surface area contributed by atoms with Crippen LogP contribution < -0.4 is 10.2 Å². The van der Waals surface area contributed by atoms with Gasteiger partial charge in [0.15, 0.2) is 5.16 Å². The average molecular weight is 224 g/mol. The number of carbonyl (C=O) groups is 1. The van der Waals surface area contributed by atoms with E-state index in [2.05, 4.69) is 15.3 Å². The van der Waals surface area contributed by atoms with Gasteiger partial charge in [-0.1, -0.05) is 11.8 Å². The summed E-state index contributed by atoms with van der Waals surface area (Å²) in [6.45, 7) is 1.41. The molecule has 1 aliphatic heterocycles. The van der Waals surface area contributed by atoms with E-state index in [0.29, 0.717) is 23.1 Å². The van der Waals surface area contributed by atoms with Crippen molar-refractivity contribution in [1.29, 1.82) is 0 Å². The van der Waals surface area contributed by atoms with Gasteiger partial charge in [0.25, 0.3) is 5.91 Å². The maximum atomic E-state index is 11.6. The number of thioether (sulfide) groups is 1. The summed E-state index contributed by atoms with van der Waals surface area (Å²) < 4.78 is 0. The predicted molar refractivity (Wildman–Crippen MR) is 59.4 cm³/mol. The number of nitrogens with one attached hydrogen (secondary N) is 1. The van der Waals surface area contributed by atoms with Crippen molar-refractivity contribution in [3.8, 4) is 0 Å².